The maximum atomic E-state index is 13.2. The monoisotopic (exact) mass is 650 g/mol. The molecule has 2 heterocycles. The summed E-state index contributed by atoms with van der Waals surface area (Å²) in [7, 11) is 0. The number of rotatable bonds is 10. The van der Waals surface area contributed by atoms with Crippen LogP contribution in [0.1, 0.15) is 77.7 Å². The number of carbonyl (C=O) groups is 4. The average molecular weight is 651 g/mol. The highest BCUT2D eigenvalue weighted by Crippen LogP contribution is 2.36. The largest absolute Gasteiger partial charge is 0.480 e. The quantitative estimate of drug-likeness (QED) is 0.192. The zero-order valence-electron chi connectivity index (χ0n) is 26.8. The van der Waals surface area contributed by atoms with E-state index >= 15 is 0 Å². The van der Waals surface area contributed by atoms with Gasteiger partial charge in [-0.05, 0) is 59.6 Å². The van der Waals surface area contributed by atoms with E-state index < -0.39 is 29.9 Å². The van der Waals surface area contributed by atoms with Crippen LogP contribution in [0.4, 0.5) is 0 Å². The van der Waals surface area contributed by atoms with Gasteiger partial charge in [-0.2, -0.15) is 0 Å². The molecule has 2 aromatic heterocycles. The Bertz CT molecular complexity index is 1790. The van der Waals surface area contributed by atoms with Crippen LogP contribution >= 0.6 is 11.3 Å². The second kappa shape index (κ2) is 14.2. The lowest BCUT2D eigenvalue weighted by Gasteiger charge is -2.22. The van der Waals surface area contributed by atoms with Crippen LogP contribution in [0.3, 0.4) is 0 Å². The van der Waals surface area contributed by atoms with E-state index in [1.807, 2.05) is 48.5 Å². The molecule has 5 rings (SSSR count). The molecule has 0 saturated heterocycles. The topological polar surface area (TPSA) is 138 Å². The third-order valence-electron chi connectivity index (χ3n) is 8.11. The molecule has 9 nitrogen and oxygen atoms in total. The Hall–Kier alpha value is -4.96. The zero-order chi connectivity index (χ0) is 33.7. The summed E-state index contributed by atoms with van der Waals surface area (Å²) in [6, 6.07) is 18.9. The second-order valence-electron chi connectivity index (χ2n) is 12.9. The van der Waals surface area contributed by atoms with Gasteiger partial charge in [-0.25, -0.2) is 9.97 Å². The highest BCUT2D eigenvalue weighted by Gasteiger charge is 2.27. The van der Waals surface area contributed by atoms with E-state index in [0.717, 1.165) is 39.1 Å². The molecule has 0 bridgehead atoms. The number of hydrogen-bond acceptors (Lipinski definition) is 7. The number of carboxylic acid groups (broad SMARTS) is 1. The third-order valence-corrected chi connectivity index (χ3v) is 9.62. The number of aromatic nitrogens is 2. The Labute approximate surface area is 278 Å². The van der Waals surface area contributed by atoms with Crippen molar-refractivity contribution in [2.45, 2.75) is 70.4 Å². The van der Waals surface area contributed by atoms with Gasteiger partial charge in [0.1, 0.15) is 12.1 Å². The van der Waals surface area contributed by atoms with Crippen molar-refractivity contribution in [2.75, 3.05) is 0 Å². The van der Waals surface area contributed by atoms with Gasteiger partial charge < -0.3 is 15.7 Å². The van der Waals surface area contributed by atoms with Crippen molar-refractivity contribution in [1.29, 1.82) is 0 Å². The fraction of sp³-hybridized carbons (Fsp3) is 0.297. The lowest BCUT2D eigenvalue weighted by molar-refractivity contribution is -0.141. The van der Waals surface area contributed by atoms with Crippen LogP contribution < -0.4 is 10.6 Å². The molecule has 0 saturated carbocycles. The molecule has 2 aromatic carbocycles. The normalized spacial score (nSPS) is 16.1. The molecular weight excluding hydrogens is 612 g/mol. The lowest BCUT2D eigenvalue weighted by atomic mass is 9.81. The van der Waals surface area contributed by atoms with E-state index in [2.05, 4.69) is 53.5 Å². The molecule has 0 spiro atoms. The molecule has 242 valence electrons. The van der Waals surface area contributed by atoms with Crippen LogP contribution in [0.15, 0.2) is 85.2 Å². The molecule has 3 atom stereocenters. The SMILES string of the molecule is C[C@@H](NC(=O)[C@H](Cc1ccc(-c2ncc(C3=CC(=O)CC(c4ccccc4)C3)cn2)cc1)NC(=O)c1ccc(C(C)(C)C)s1)C(=O)O. The van der Waals surface area contributed by atoms with Gasteiger partial charge in [-0.3, -0.25) is 19.2 Å². The Morgan fingerprint density at radius 2 is 1.60 bits per heavy atom. The van der Waals surface area contributed by atoms with Crippen molar-refractivity contribution in [3.63, 3.8) is 0 Å². The Kier molecular flexibility index (Phi) is 10.1. The molecule has 0 aliphatic heterocycles. The number of allylic oxidation sites excluding steroid dienone is 2. The molecule has 4 aromatic rings. The van der Waals surface area contributed by atoms with Gasteiger partial charge in [0.25, 0.3) is 5.91 Å². The maximum Gasteiger partial charge on any atom is 0.325 e. The van der Waals surface area contributed by atoms with Crippen LogP contribution in [0.25, 0.3) is 17.0 Å². The zero-order valence-corrected chi connectivity index (χ0v) is 27.6. The first kappa shape index (κ1) is 33.4. The number of hydrogen-bond donors (Lipinski definition) is 3. The van der Waals surface area contributed by atoms with Crippen LogP contribution in [-0.2, 0) is 26.2 Å². The van der Waals surface area contributed by atoms with Crippen molar-refractivity contribution in [2.24, 2.45) is 0 Å². The Balaban J connectivity index is 1.29. The van der Waals surface area contributed by atoms with Crippen LogP contribution in [-0.4, -0.2) is 50.7 Å². The first-order chi connectivity index (χ1) is 22.4. The van der Waals surface area contributed by atoms with E-state index in [1.54, 1.807) is 24.5 Å². The number of carbonyl (C=O) groups excluding carboxylic acids is 3. The van der Waals surface area contributed by atoms with E-state index in [4.69, 9.17) is 0 Å². The summed E-state index contributed by atoms with van der Waals surface area (Å²) < 4.78 is 0. The Morgan fingerprint density at radius 1 is 0.915 bits per heavy atom. The minimum atomic E-state index is -1.17. The summed E-state index contributed by atoms with van der Waals surface area (Å²) in [5.74, 6) is -1.45. The lowest BCUT2D eigenvalue weighted by Crippen LogP contribution is -2.51. The maximum absolute atomic E-state index is 13.2. The van der Waals surface area contributed by atoms with Crippen molar-refractivity contribution < 1.29 is 24.3 Å². The van der Waals surface area contributed by atoms with E-state index in [0.29, 0.717) is 17.1 Å². The smallest absolute Gasteiger partial charge is 0.325 e. The van der Waals surface area contributed by atoms with E-state index in [-0.39, 0.29) is 23.5 Å². The number of carboxylic acids is 1. The molecule has 47 heavy (non-hydrogen) atoms. The summed E-state index contributed by atoms with van der Waals surface area (Å²) in [5.41, 5.74) is 4.25. The second-order valence-corrected chi connectivity index (χ2v) is 13.9. The highest BCUT2D eigenvalue weighted by atomic mass is 32.1. The van der Waals surface area contributed by atoms with Crippen LogP contribution in [0.5, 0.6) is 0 Å². The minimum Gasteiger partial charge on any atom is -0.480 e. The molecule has 1 aliphatic carbocycles. The predicted octanol–water partition coefficient (Wildman–Crippen LogP) is 5.96. The van der Waals surface area contributed by atoms with Crippen molar-refractivity contribution in [3.05, 3.63) is 112 Å². The third kappa shape index (κ3) is 8.45. The Morgan fingerprint density at radius 3 is 2.21 bits per heavy atom. The number of nitrogens with one attached hydrogen (secondary N) is 2. The molecule has 3 N–H and O–H groups in total. The van der Waals surface area contributed by atoms with Gasteiger partial charge in [0.05, 0.1) is 4.88 Å². The molecule has 1 aliphatic rings. The molecule has 1 unspecified atom stereocenters. The summed E-state index contributed by atoms with van der Waals surface area (Å²) in [6.07, 6.45) is 6.52. The standard InChI is InChI=1S/C37H38N4O5S/c1-22(36(45)46)40-34(43)30(41-35(44)31-14-15-32(47-31)37(2,3)4)16-23-10-12-25(13-11-23)33-38-20-28(21-39-33)27-17-26(18-29(42)19-27)24-8-6-5-7-9-24/h5-15,19-22,26,30H,16-18H2,1-4H3,(H,40,43)(H,41,44)(H,45,46)/t22-,26?,30+/m1/s1. The van der Waals surface area contributed by atoms with Gasteiger partial charge >= 0.3 is 5.97 Å². The van der Waals surface area contributed by atoms with Gasteiger partial charge in [0, 0.05) is 41.2 Å². The number of benzene rings is 2. The van der Waals surface area contributed by atoms with E-state index in [9.17, 15) is 24.3 Å². The summed E-state index contributed by atoms with van der Waals surface area (Å²) in [4.78, 5) is 60.9. The number of nitrogens with zero attached hydrogens (tertiary/aromatic N) is 2. The minimum absolute atomic E-state index is 0.0883. The fourth-order valence-electron chi connectivity index (χ4n) is 5.40. The predicted molar refractivity (Wildman–Crippen MR) is 182 cm³/mol. The summed E-state index contributed by atoms with van der Waals surface area (Å²) in [6.45, 7) is 7.55. The van der Waals surface area contributed by atoms with Gasteiger partial charge in [0.2, 0.25) is 5.91 Å². The number of ketones is 1. The molecular formula is C37H38N4O5S. The molecule has 0 fully saturated rings. The molecule has 0 radical (unpaired) electrons. The van der Waals surface area contributed by atoms with Gasteiger partial charge in [0.15, 0.2) is 11.6 Å². The first-order valence-electron chi connectivity index (χ1n) is 15.5. The van der Waals surface area contributed by atoms with Crippen molar-refractivity contribution >= 4 is 40.5 Å². The fourth-order valence-corrected chi connectivity index (χ4v) is 6.37. The number of thiophene rings is 1. The first-order valence-corrected chi connectivity index (χ1v) is 16.3. The number of amides is 2. The summed E-state index contributed by atoms with van der Waals surface area (Å²) >= 11 is 1.36. The summed E-state index contributed by atoms with van der Waals surface area (Å²) in [5, 5.41) is 14.6. The van der Waals surface area contributed by atoms with E-state index in [1.165, 1.54) is 18.3 Å². The van der Waals surface area contributed by atoms with Crippen LogP contribution in [0, 0.1) is 0 Å². The molecule has 10 heteroatoms. The number of aliphatic carboxylic acids is 1. The van der Waals surface area contributed by atoms with Crippen molar-refractivity contribution in [1.82, 2.24) is 20.6 Å². The van der Waals surface area contributed by atoms with Crippen LogP contribution in [0.2, 0.25) is 0 Å². The van der Waals surface area contributed by atoms with Crippen molar-refractivity contribution in [3.8, 4) is 11.4 Å². The van der Waals surface area contributed by atoms with Gasteiger partial charge in [-0.1, -0.05) is 75.4 Å². The molecule has 2 amide bonds. The highest BCUT2D eigenvalue weighted by molar-refractivity contribution is 7.14. The van der Waals surface area contributed by atoms with Gasteiger partial charge in [-0.15, -0.1) is 11.3 Å². The average Bonchev–Trinajstić information content (AvgIpc) is 3.57.